The van der Waals surface area contributed by atoms with Crippen molar-refractivity contribution in [2.24, 2.45) is 0 Å². The highest BCUT2D eigenvalue weighted by molar-refractivity contribution is 5.90. The van der Waals surface area contributed by atoms with Gasteiger partial charge < -0.3 is 14.6 Å². The molecule has 0 aromatic heterocycles. The third kappa shape index (κ3) is 4.82. The maximum Gasteiger partial charge on any atom is 0.336 e. The molecule has 0 fully saturated rings. The molecule has 0 aliphatic carbocycles. The number of carbonyl (C=O) groups is 3. The minimum Gasteiger partial charge on any atom is -0.478 e. The number of hydrogen-bond acceptors (Lipinski definition) is 5. The molecule has 116 valence electrons. The lowest BCUT2D eigenvalue weighted by Crippen LogP contribution is -2.03. The van der Waals surface area contributed by atoms with E-state index in [1.54, 1.807) is 12.1 Å². The summed E-state index contributed by atoms with van der Waals surface area (Å²) >= 11 is 0. The quantitative estimate of drug-likeness (QED) is 0.381. The van der Waals surface area contributed by atoms with E-state index in [9.17, 15) is 14.4 Å². The van der Waals surface area contributed by atoms with E-state index in [0.717, 1.165) is 0 Å². The molecule has 0 heterocycles. The molecule has 0 amide bonds. The SMILES string of the molecule is O=COc1ccc(OC(=O)C=Cc2ccc(C(=O)O)cc2)cc1. The van der Waals surface area contributed by atoms with Gasteiger partial charge in [-0.1, -0.05) is 12.1 Å². The Balaban J connectivity index is 1.95. The molecule has 0 saturated heterocycles. The topological polar surface area (TPSA) is 89.9 Å². The predicted molar refractivity (Wildman–Crippen MR) is 81.2 cm³/mol. The van der Waals surface area contributed by atoms with Crippen LogP contribution in [0.5, 0.6) is 11.5 Å². The molecule has 6 nitrogen and oxygen atoms in total. The molecule has 0 unspecified atom stereocenters. The first-order valence-electron chi connectivity index (χ1n) is 6.52. The average Bonchev–Trinajstić information content (AvgIpc) is 2.55. The Morgan fingerprint density at radius 3 is 2.09 bits per heavy atom. The third-order valence-electron chi connectivity index (χ3n) is 2.80. The van der Waals surface area contributed by atoms with Crippen LogP contribution in [0.1, 0.15) is 15.9 Å². The molecule has 0 radical (unpaired) electrons. The van der Waals surface area contributed by atoms with E-state index in [0.29, 0.717) is 23.5 Å². The molecule has 1 N–H and O–H groups in total. The molecule has 0 spiro atoms. The summed E-state index contributed by atoms with van der Waals surface area (Å²) in [6.45, 7) is 0.305. The summed E-state index contributed by atoms with van der Waals surface area (Å²) in [4.78, 5) is 32.6. The van der Waals surface area contributed by atoms with Gasteiger partial charge in [0.1, 0.15) is 11.5 Å². The van der Waals surface area contributed by atoms with E-state index in [1.807, 2.05) is 0 Å². The number of carboxylic acids is 1. The van der Waals surface area contributed by atoms with Crippen molar-refractivity contribution in [3.8, 4) is 11.5 Å². The molecular formula is C17H12O6. The lowest BCUT2D eigenvalue weighted by Gasteiger charge is -2.02. The summed E-state index contributed by atoms with van der Waals surface area (Å²) in [6, 6.07) is 12.0. The number of hydrogen-bond donors (Lipinski definition) is 1. The Kier molecular flexibility index (Phi) is 5.25. The van der Waals surface area contributed by atoms with Crippen molar-refractivity contribution in [2.75, 3.05) is 0 Å². The van der Waals surface area contributed by atoms with Gasteiger partial charge in [0.2, 0.25) is 0 Å². The second kappa shape index (κ2) is 7.56. The summed E-state index contributed by atoms with van der Waals surface area (Å²) in [5.74, 6) is -0.953. The second-order valence-corrected chi connectivity index (χ2v) is 4.37. The maximum absolute atomic E-state index is 11.7. The van der Waals surface area contributed by atoms with Crippen LogP contribution in [-0.4, -0.2) is 23.5 Å². The molecule has 2 rings (SSSR count). The largest absolute Gasteiger partial charge is 0.478 e. The maximum atomic E-state index is 11.7. The van der Waals surface area contributed by atoms with Crippen LogP contribution in [0.3, 0.4) is 0 Å². The van der Waals surface area contributed by atoms with Crippen LogP contribution in [0.4, 0.5) is 0 Å². The van der Waals surface area contributed by atoms with Crippen LogP contribution in [0.2, 0.25) is 0 Å². The molecule has 6 heteroatoms. The summed E-state index contributed by atoms with van der Waals surface area (Å²) in [5.41, 5.74) is 0.837. The predicted octanol–water partition coefficient (Wildman–Crippen LogP) is 2.54. The van der Waals surface area contributed by atoms with Gasteiger partial charge >= 0.3 is 11.9 Å². The zero-order chi connectivity index (χ0) is 16.7. The van der Waals surface area contributed by atoms with Crippen LogP contribution in [0.15, 0.2) is 54.6 Å². The number of esters is 1. The zero-order valence-electron chi connectivity index (χ0n) is 11.8. The molecule has 0 aliphatic heterocycles. The van der Waals surface area contributed by atoms with E-state index in [4.69, 9.17) is 9.84 Å². The van der Waals surface area contributed by atoms with Gasteiger partial charge in [0, 0.05) is 6.08 Å². The molecule has 0 aliphatic rings. The monoisotopic (exact) mass is 312 g/mol. The van der Waals surface area contributed by atoms with Crippen LogP contribution in [-0.2, 0) is 9.59 Å². The van der Waals surface area contributed by atoms with Crippen molar-refractivity contribution in [3.63, 3.8) is 0 Å². The first-order chi connectivity index (χ1) is 11.1. The van der Waals surface area contributed by atoms with E-state index < -0.39 is 11.9 Å². The third-order valence-corrected chi connectivity index (χ3v) is 2.80. The highest BCUT2D eigenvalue weighted by Crippen LogP contribution is 2.17. The number of aromatic carboxylic acids is 1. The van der Waals surface area contributed by atoms with Crippen LogP contribution < -0.4 is 9.47 Å². The fourth-order valence-corrected chi connectivity index (χ4v) is 1.69. The number of carboxylic acid groups (broad SMARTS) is 1. The zero-order valence-corrected chi connectivity index (χ0v) is 11.8. The summed E-state index contributed by atoms with van der Waals surface area (Å²) in [6.07, 6.45) is 2.74. The van der Waals surface area contributed by atoms with Gasteiger partial charge in [-0.2, -0.15) is 0 Å². The average molecular weight is 312 g/mol. The fourth-order valence-electron chi connectivity index (χ4n) is 1.69. The number of benzene rings is 2. The normalized spacial score (nSPS) is 10.3. The summed E-state index contributed by atoms with van der Waals surface area (Å²) < 4.78 is 9.69. The lowest BCUT2D eigenvalue weighted by atomic mass is 10.1. The van der Waals surface area contributed by atoms with Crippen molar-refractivity contribution < 1.29 is 29.0 Å². The van der Waals surface area contributed by atoms with E-state index in [1.165, 1.54) is 48.6 Å². The molecule has 2 aromatic rings. The van der Waals surface area contributed by atoms with Crippen LogP contribution >= 0.6 is 0 Å². The number of rotatable bonds is 6. The Bertz CT molecular complexity index is 729. The Morgan fingerprint density at radius 2 is 1.52 bits per heavy atom. The summed E-state index contributed by atoms with van der Waals surface area (Å²) in [5, 5.41) is 8.79. The van der Waals surface area contributed by atoms with Gasteiger partial charge in [0.15, 0.2) is 0 Å². The first-order valence-corrected chi connectivity index (χ1v) is 6.52. The Labute approximate surface area is 131 Å². The van der Waals surface area contributed by atoms with E-state index >= 15 is 0 Å². The highest BCUT2D eigenvalue weighted by atomic mass is 16.5. The van der Waals surface area contributed by atoms with Crippen molar-refractivity contribution in [1.82, 2.24) is 0 Å². The van der Waals surface area contributed by atoms with Crippen LogP contribution in [0.25, 0.3) is 6.08 Å². The summed E-state index contributed by atoms with van der Waals surface area (Å²) in [7, 11) is 0. The molecule has 0 bridgehead atoms. The van der Waals surface area contributed by atoms with Crippen molar-refractivity contribution in [2.45, 2.75) is 0 Å². The molecular weight excluding hydrogens is 300 g/mol. The van der Waals surface area contributed by atoms with Crippen molar-refractivity contribution >= 4 is 24.5 Å². The minimum absolute atomic E-state index is 0.169. The molecule has 23 heavy (non-hydrogen) atoms. The van der Waals surface area contributed by atoms with Gasteiger partial charge in [-0.3, -0.25) is 4.79 Å². The van der Waals surface area contributed by atoms with E-state index in [-0.39, 0.29) is 5.56 Å². The fraction of sp³-hybridized carbons (Fsp3) is 0. The number of ether oxygens (including phenoxy) is 2. The van der Waals surface area contributed by atoms with Gasteiger partial charge in [-0.05, 0) is 48.0 Å². The smallest absolute Gasteiger partial charge is 0.336 e. The van der Waals surface area contributed by atoms with Crippen molar-refractivity contribution in [1.29, 1.82) is 0 Å². The highest BCUT2D eigenvalue weighted by Gasteiger charge is 2.03. The van der Waals surface area contributed by atoms with Crippen LogP contribution in [0, 0.1) is 0 Å². The van der Waals surface area contributed by atoms with Gasteiger partial charge in [0.05, 0.1) is 5.56 Å². The van der Waals surface area contributed by atoms with E-state index in [2.05, 4.69) is 4.74 Å². The Morgan fingerprint density at radius 1 is 0.913 bits per heavy atom. The molecule has 0 saturated carbocycles. The minimum atomic E-state index is -1.01. The van der Waals surface area contributed by atoms with Gasteiger partial charge in [-0.15, -0.1) is 0 Å². The van der Waals surface area contributed by atoms with Gasteiger partial charge in [0.25, 0.3) is 6.47 Å². The molecule has 0 atom stereocenters. The lowest BCUT2D eigenvalue weighted by molar-refractivity contribution is -0.129. The first kappa shape index (κ1) is 16.0. The Hall–Kier alpha value is -3.41. The van der Waals surface area contributed by atoms with Gasteiger partial charge in [-0.25, -0.2) is 9.59 Å². The molecule has 2 aromatic carbocycles. The standard InChI is InChI=1S/C17H12O6/c18-11-22-14-6-8-15(9-7-14)23-16(19)10-3-12-1-4-13(5-2-12)17(20)21/h1-11H,(H,20,21). The second-order valence-electron chi connectivity index (χ2n) is 4.37. The number of carbonyl (C=O) groups excluding carboxylic acids is 2. The van der Waals surface area contributed by atoms with Crippen molar-refractivity contribution in [3.05, 3.63) is 65.7 Å².